The van der Waals surface area contributed by atoms with E-state index in [1.54, 1.807) is 6.07 Å². The number of carbonyl (C=O) groups is 1. The number of carbonyl (C=O) groups excluding carboxylic acids is 1. The molecule has 5 heteroatoms. The number of hydrogen-bond acceptors (Lipinski definition) is 4. The van der Waals surface area contributed by atoms with Crippen LogP contribution in [0.1, 0.15) is 39.7 Å². The van der Waals surface area contributed by atoms with Crippen molar-refractivity contribution >= 4 is 6.09 Å². The molecule has 1 rings (SSSR count). The van der Waals surface area contributed by atoms with Crippen LogP contribution >= 0.6 is 0 Å². The molecule has 2 N–H and O–H groups in total. The van der Waals surface area contributed by atoms with Gasteiger partial charge in [0.1, 0.15) is 18.0 Å². The average molecular weight is 319 g/mol. The number of alkyl carbamates (subject to hydrolysis) is 1. The van der Waals surface area contributed by atoms with Crippen LogP contribution in [0.4, 0.5) is 4.79 Å². The minimum Gasteiger partial charge on any atom is -0.490 e. The van der Waals surface area contributed by atoms with Gasteiger partial charge in [0.2, 0.25) is 0 Å². The average Bonchev–Trinajstić information content (AvgIpc) is 2.48. The van der Waals surface area contributed by atoms with Crippen LogP contribution in [0.15, 0.2) is 24.3 Å². The van der Waals surface area contributed by atoms with Crippen LogP contribution in [0.5, 0.6) is 5.75 Å². The van der Waals surface area contributed by atoms with E-state index in [9.17, 15) is 4.79 Å². The molecule has 126 valence electrons. The fourth-order valence-electron chi connectivity index (χ4n) is 1.71. The summed E-state index contributed by atoms with van der Waals surface area (Å²) in [6.07, 6.45) is 0.176. The first-order valence-electron chi connectivity index (χ1n) is 7.69. The van der Waals surface area contributed by atoms with Crippen molar-refractivity contribution in [2.45, 2.75) is 45.8 Å². The third kappa shape index (κ3) is 7.57. The largest absolute Gasteiger partial charge is 0.490 e. The number of rotatable bonds is 5. The number of amides is 1. The van der Waals surface area contributed by atoms with E-state index in [0.717, 1.165) is 0 Å². The van der Waals surface area contributed by atoms with Crippen molar-refractivity contribution in [3.8, 4) is 17.6 Å². The molecule has 1 atom stereocenters. The molecule has 0 saturated heterocycles. The molecule has 23 heavy (non-hydrogen) atoms. The number of ether oxygens (including phenoxy) is 2. The molecule has 5 nitrogen and oxygen atoms in total. The Labute approximate surface area is 138 Å². The zero-order valence-electron chi connectivity index (χ0n) is 14.2. The minimum atomic E-state index is -0.541. The third-order valence-corrected chi connectivity index (χ3v) is 2.72. The summed E-state index contributed by atoms with van der Waals surface area (Å²) < 4.78 is 10.7. The van der Waals surface area contributed by atoms with Gasteiger partial charge in [0.05, 0.1) is 18.2 Å². The van der Waals surface area contributed by atoms with Crippen molar-refractivity contribution in [2.75, 3.05) is 13.2 Å². The van der Waals surface area contributed by atoms with Gasteiger partial charge in [0.25, 0.3) is 0 Å². The first-order chi connectivity index (χ1) is 10.9. The highest BCUT2D eigenvalue weighted by molar-refractivity contribution is 5.68. The summed E-state index contributed by atoms with van der Waals surface area (Å²) in [6, 6.07) is 7.02. The zero-order chi connectivity index (χ0) is 17.3. The van der Waals surface area contributed by atoms with Crippen LogP contribution in [0.3, 0.4) is 0 Å². The monoisotopic (exact) mass is 319 g/mol. The highest BCUT2D eigenvalue weighted by Crippen LogP contribution is 2.16. The minimum absolute atomic E-state index is 0.0560. The molecule has 1 aromatic rings. The lowest BCUT2D eigenvalue weighted by Crippen LogP contribution is -2.38. The molecule has 1 unspecified atom stereocenters. The maximum Gasteiger partial charge on any atom is 0.408 e. The normalized spacial score (nSPS) is 11.9. The van der Waals surface area contributed by atoms with Gasteiger partial charge in [-0.05, 0) is 39.3 Å². The molecule has 1 amide bonds. The van der Waals surface area contributed by atoms with Gasteiger partial charge in [0.15, 0.2) is 0 Å². The molecular formula is C18H25NO4. The maximum atomic E-state index is 11.8. The zero-order valence-corrected chi connectivity index (χ0v) is 14.2. The first kappa shape index (κ1) is 18.9. The van der Waals surface area contributed by atoms with Crippen LogP contribution in [0, 0.1) is 11.8 Å². The summed E-state index contributed by atoms with van der Waals surface area (Å²) in [5, 5.41) is 11.6. The Kier molecular flexibility index (Phi) is 7.43. The molecule has 0 saturated carbocycles. The molecule has 0 bridgehead atoms. The molecule has 0 aliphatic carbocycles. The van der Waals surface area contributed by atoms with E-state index in [1.165, 1.54) is 0 Å². The Morgan fingerprint density at radius 2 is 2.04 bits per heavy atom. The number of hydrogen-bond donors (Lipinski definition) is 2. The van der Waals surface area contributed by atoms with Crippen molar-refractivity contribution in [3.05, 3.63) is 29.8 Å². The number of aliphatic hydroxyl groups excluding tert-OH is 1. The van der Waals surface area contributed by atoms with Crippen molar-refractivity contribution < 1.29 is 19.4 Å². The third-order valence-electron chi connectivity index (χ3n) is 2.72. The maximum absolute atomic E-state index is 11.8. The standard InChI is InChI=1S/C18H25NO4/c1-5-15(19-17(21)23-18(2,3)4)11-10-14-8-6-7-9-16(14)22-13-12-20/h6-9,15,20H,5,12-13H2,1-4H3,(H,19,21). The van der Waals surface area contributed by atoms with Crippen molar-refractivity contribution in [3.63, 3.8) is 0 Å². The van der Waals surface area contributed by atoms with Gasteiger partial charge in [-0.15, -0.1) is 0 Å². The van der Waals surface area contributed by atoms with Gasteiger partial charge in [0, 0.05) is 0 Å². The highest BCUT2D eigenvalue weighted by Gasteiger charge is 2.17. The van der Waals surface area contributed by atoms with E-state index in [0.29, 0.717) is 17.7 Å². The number of nitrogens with one attached hydrogen (secondary N) is 1. The Hall–Kier alpha value is -2.19. The molecule has 0 heterocycles. The van der Waals surface area contributed by atoms with Crippen LogP contribution in [0.2, 0.25) is 0 Å². The van der Waals surface area contributed by atoms with Crippen LogP contribution in [0.25, 0.3) is 0 Å². The van der Waals surface area contributed by atoms with E-state index in [2.05, 4.69) is 17.2 Å². The summed E-state index contributed by atoms with van der Waals surface area (Å²) in [7, 11) is 0. The molecule has 0 aliphatic rings. The molecule has 0 fully saturated rings. The van der Waals surface area contributed by atoms with Crippen LogP contribution in [-0.2, 0) is 4.74 Å². The summed E-state index contributed by atoms with van der Waals surface area (Å²) in [5.41, 5.74) is 0.172. The Morgan fingerprint density at radius 1 is 1.35 bits per heavy atom. The van der Waals surface area contributed by atoms with Gasteiger partial charge < -0.3 is 19.9 Å². The lowest BCUT2D eigenvalue weighted by Gasteiger charge is -2.21. The predicted molar refractivity (Wildman–Crippen MR) is 89.3 cm³/mol. The Balaban J connectivity index is 2.77. The topological polar surface area (TPSA) is 67.8 Å². The van der Waals surface area contributed by atoms with Crippen LogP contribution in [-0.4, -0.2) is 36.1 Å². The van der Waals surface area contributed by atoms with E-state index in [4.69, 9.17) is 14.6 Å². The van der Waals surface area contributed by atoms with Crippen LogP contribution < -0.4 is 10.1 Å². The van der Waals surface area contributed by atoms with E-state index >= 15 is 0 Å². The van der Waals surface area contributed by atoms with Gasteiger partial charge in [-0.1, -0.05) is 30.9 Å². The SMILES string of the molecule is CCC(C#Cc1ccccc1OCCO)NC(=O)OC(C)(C)C. The number of aliphatic hydroxyl groups is 1. The lowest BCUT2D eigenvalue weighted by molar-refractivity contribution is 0.0515. The number of para-hydroxylation sites is 1. The molecular weight excluding hydrogens is 294 g/mol. The second-order valence-electron chi connectivity index (χ2n) is 5.94. The quantitative estimate of drug-likeness (QED) is 0.819. The van der Waals surface area contributed by atoms with E-state index in [-0.39, 0.29) is 19.3 Å². The predicted octanol–water partition coefficient (Wildman–Crippen LogP) is 2.71. The summed E-state index contributed by atoms with van der Waals surface area (Å²) >= 11 is 0. The Morgan fingerprint density at radius 3 is 2.65 bits per heavy atom. The van der Waals surface area contributed by atoms with Crippen molar-refractivity contribution in [1.29, 1.82) is 0 Å². The van der Waals surface area contributed by atoms with Crippen molar-refractivity contribution in [2.24, 2.45) is 0 Å². The Bertz CT molecular complexity index is 566. The first-order valence-corrected chi connectivity index (χ1v) is 7.69. The van der Waals surface area contributed by atoms with E-state index in [1.807, 2.05) is 45.9 Å². The van der Waals surface area contributed by atoms with Gasteiger partial charge in [-0.25, -0.2) is 4.79 Å². The van der Waals surface area contributed by atoms with Gasteiger partial charge >= 0.3 is 6.09 Å². The second-order valence-corrected chi connectivity index (χ2v) is 5.94. The lowest BCUT2D eigenvalue weighted by atomic mass is 10.1. The summed E-state index contributed by atoms with van der Waals surface area (Å²) in [5.74, 6) is 6.64. The van der Waals surface area contributed by atoms with Gasteiger partial charge in [-0.3, -0.25) is 0 Å². The summed E-state index contributed by atoms with van der Waals surface area (Å²) in [6.45, 7) is 7.53. The fraction of sp³-hybridized carbons (Fsp3) is 0.500. The smallest absolute Gasteiger partial charge is 0.408 e. The molecule has 1 aromatic carbocycles. The summed E-state index contributed by atoms with van der Waals surface area (Å²) in [4.78, 5) is 11.8. The fourth-order valence-corrected chi connectivity index (χ4v) is 1.71. The molecule has 0 radical (unpaired) electrons. The number of benzene rings is 1. The van der Waals surface area contributed by atoms with Crippen molar-refractivity contribution in [1.82, 2.24) is 5.32 Å². The highest BCUT2D eigenvalue weighted by atomic mass is 16.6. The molecule has 0 aliphatic heterocycles. The van der Waals surface area contributed by atoms with Gasteiger partial charge in [-0.2, -0.15) is 0 Å². The van der Waals surface area contributed by atoms with E-state index < -0.39 is 11.7 Å². The second kappa shape index (κ2) is 9.06. The molecule has 0 spiro atoms. The molecule has 0 aromatic heterocycles.